The molecule has 198 valence electrons. The Labute approximate surface area is 225 Å². The fourth-order valence-electron chi connectivity index (χ4n) is 5.54. The van der Waals surface area contributed by atoms with Crippen LogP contribution in [0.5, 0.6) is 5.75 Å². The fraction of sp³-hybridized carbons (Fsp3) is 0.429. The van der Waals surface area contributed by atoms with Crippen LogP contribution in [0.25, 0.3) is 6.08 Å². The summed E-state index contributed by atoms with van der Waals surface area (Å²) >= 11 is 7.70. The number of fused-ring (bicyclic) bond motifs is 1. The monoisotopic (exact) mass is 545 g/mol. The van der Waals surface area contributed by atoms with Crippen molar-refractivity contribution in [1.29, 1.82) is 0 Å². The Morgan fingerprint density at radius 1 is 1.30 bits per heavy atom. The Hall–Kier alpha value is -2.49. The largest absolute Gasteiger partial charge is 0.508 e. The van der Waals surface area contributed by atoms with E-state index in [1.54, 1.807) is 19.2 Å². The minimum absolute atomic E-state index is 0.0902. The number of halogens is 1. The number of phenolic OH excluding ortho intramolecular Hbond substituents is 1. The molecule has 4 atom stereocenters. The molecule has 1 aliphatic carbocycles. The van der Waals surface area contributed by atoms with Crippen LogP contribution >= 0.6 is 22.9 Å². The zero-order valence-electron chi connectivity index (χ0n) is 20.9. The van der Waals surface area contributed by atoms with Crippen molar-refractivity contribution in [3.05, 3.63) is 67.9 Å². The minimum Gasteiger partial charge on any atom is -0.508 e. The maximum absolute atomic E-state index is 13.4. The highest BCUT2D eigenvalue weighted by Gasteiger charge is 2.54. The van der Waals surface area contributed by atoms with E-state index < -0.39 is 23.9 Å². The number of likely N-dealkylation sites (tertiary alicyclic amines) is 1. The molecule has 2 heterocycles. The number of aliphatic hydroxyl groups excluding tert-OH is 2. The first-order valence-corrected chi connectivity index (χ1v) is 13.5. The molecule has 1 aromatic heterocycles. The van der Waals surface area contributed by atoms with Crippen LogP contribution in [0.3, 0.4) is 0 Å². The molecule has 1 fully saturated rings. The van der Waals surface area contributed by atoms with E-state index in [4.69, 9.17) is 16.3 Å². The zero-order valence-corrected chi connectivity index (χ0v) is 22.5. The fourth-order valence-corrected chi connectivity index (χ4v) is 6.46. The third kappa shape index (κ3) is 5.84. The number of imide groups is 1. The van der Waals surface area contributed by atoms with Crippen molar-refractivity contribution in [2.75, 3.05) is 20.3 Å². The molecule has 37 heavy (non-hydrogen) atoms. The number of aliphatic hydroxyl groups is 2. The first-order valence-electron chi connectivity index (χ1n) is 12.3. The van der Waals surface area contributed by atoms with Crippen molar-refractivity contribution < 1.29 is 29.6 Å². The molecule has 1 saturated heterocycles. The Kier molecular flexibility index (Phi) is 8.87. The summed E-state index contributed by atoms with van der Waals surface area (Å²) in [5.74, 6) is -2.35. The quantitative estimate of drug-likeness (QED) is 0.301. The molecule has 2 aromatic rings. The van der Waals surface area contributed by atoms with E-state index in [-0.39, 0.29) is 37.3 Å². The number of nitrogens with zero attached hydrogens (tertiary/aromatic N) is 1. The number of carbonyl (C=O) groups excluding carboxylic acids is 2. The summed E-state index contributed by atoms with van der Waals surface area (Å²) in [4.78, 5) is 28.9. The number of carbonyl (C=O) groups is 2. The van der Waals surface area contributed by atoms with Gasteiger partial charge in [0.25, 0.3) is 0 Å². The Morgan fingerprint density at radius 3 is 2.73 bits per heavy atom. The van der Waals surface area contributed by atoms with Gasteiger partial charge in [-0.3, -0.25) is 14.5 Å². The Morgan fingerprint density at radius 2 is 2.08 bits per heavy atom. The summed E-state index contributed by atoms with van der Waals surface area (Å²) in [7, 11) is 1.55. The van der Waals surface area contributed by atoms with Gasteiger partial charge in [0, 0.05) is 17.9 Å². The van der Waals surface area contributed by atoms with Gasteiger partial charge in [-0.2, -0.15) is 0 Å². The first-order chi connectivity index (χ1) is 17.7. The lowest BCUT2D eigenvalue weighted by molar-refractivity contribution is -0.140. The summed E-state index contributed by atoms with van der Waals surface area (Å²) in [5.41, 5.74) is 3.13. The number of allylic oxidation sites excluding steroid dienone is 1. The molecule has 1 aromatic carbocycles. The van der Waals surface area contributed by atoms with E-state index in [9.17, 15) is 24.9 Å². The van der Waals surface area contributed by atoms with Crippen LogP contribution in [0.4, 0.5) is 0 Å². The molecule has 2 amide bonds. The molecule has 0 saturated carbocycles. The van der Waals surface area contributed by atoms with Crippen LogP contribution in [0.1, 0.15) is 36.6 Å². The van der Waals surface area contributed by atoms with Gasteiger partial charge in [-0.15, -0.1) is 11.3 Å². The van der Waals surface area contributed by atoms with E-state index in [1.165, 1.54) is 22.3 Å². The molecule has 0 radical (unpaired) electrons. The van der Waals surface area contributed by atoms with Gasteiger partial charge in [-0.05, 0) is 72.5 Å². The smallest absolute Gasteiger partial charge is 0.234 e. The van der Waals surface area contributed by atoms with E-state index in [0.717, 1.165) is 21.6 Å². The molecular weight excluding hydrogens is 514 g/mol. The first kappa shape index (κ1) is 27.5. The van der Waals surface area contributed by atoms with Crippen molar-refractivity contribution in [1.82, 2.24) is 4.90 Å². The summed E-state index contributed by atoms with van der Waals surface area (Å²) in [6, 6.07) is 8.54. The molecule has 3 N–H and O–H groups in total. The number of benzene rings is 1. The minimum atomic E-state index is -0.906. The van der Waals surface area contributed by atoms with Crippen molar-refractivity contribution in [2.24, 2.45) is 17.8 Å². The molecule has 0 bridgehead atoms. The second kappa shape index (κ2) is 11.9. The maximum atomic E-state index is 13.4. The van der Waals surface area contributed by atoms with Gasteiger partial charge in [0.05, 0.1) is 42.7 Å². The van der Waals surface area contributed by atoms with Gasteiger partial charge in [-0.1, -0.05) is 29.3 Å². The summed E-state index contributed by atoms with van der Waals surface area (Å²) in [6.07, 6.45) is 2.24. The van der Waals surface area contributed by atoms with Crippen molar-refractivity contribution in [2.45, 2.75) is 38.8 Å². The van der Waals surface area contributed by atoms with Gasteiger partial charge >= 0.3 is 0 Å². The summed E-state index contributed by atoms with van der Waals surface area (Å²) in [6.45, 7) is 2.03. The van der Waals surface area contributed by atoms with Crippen molar-refractivity contribution in [3.63, 3.8) is 0 Å². The zero-order chi connectivity index (χ0) is 26.7. The predicted octanol–water partition coefficient (Wildman–Crippen LogP) is 4.41. The highest BCUT2D eigenvalue weighted by molar-refractivity contribution is 7.09. The van der Waals surface area contributed by atoms with Crippen LogP contribution < -0.4 is 0 Å². The second-order valence-electron chi connectivity index (χ2n) is 9.71. The Bertz CT molecular complexity index is 1210. The van der Waals surface area contributed by atoms with Crippen molar-refractivity contribution in [3.8, 4) is 5.75 Å². The van der Waals surface area contributed by atoms with Gasteiger partial charge in [0.1, 0.15) is 5.75 Å². The number of thiophene rings is 1. The van der Waals surface area contributed by atoms with Gasteiger partial charge in [0.15, 0.2) is 0 Å². The summed E-state index contributed by atoms with van der Waals surface area (Å²) in [5, 5.41) is 33.6. The van der Waals surface area contributed by atoms with Crippen LogP contribution in [0.15, 0.2) is 52.4 Å². The highest BCUT2D eigenvalue weighted by Crippen LogP contribution is 2.46. The Balaban J connectivity index is 1.55. The molecule has 2 aliphatic rings. The number of hydrogen-bond donors (Lipinski definition) is 3. The van der Waals surface area contributed by atoms with E-state index in [0.29, 0.717) is 29.9 Å². The predicted molar refractivity (Wildman–Crippen MR) is 143 cm³/mol. The molecule has 0 spiro atoms. The van der Waals surface area contributed by atoms with Gasteiger partial charge < -0.3 is 20.1 Å². The maximum Gasteiger partial charge on any atom is 0.234 e. The van der Waals surface area contributed by atoms with E-state index in [1.807, 2.05) is 30.5 Å². The number of methoxy groups -OCH3 is 1. The third-order valence-electron chi connectivity index (χ3n) is 7.24. The topological polar surface area (TPSA) is 107 Å². The van der Waals surface area contributed by atoms with Gasteiger partial charge in [0.2, 0.25) is 11.8 Å². The number of phenols is 1. The third-order valence-corrected chi connectivity index (χ3v) is 8.43. The number of amides is 2. The summed E-state index contributed by atoms with van der Waals surface area (Å²) < 4.78 is 5.40. The van der Waals surface area contributed by atoms with Crippen LogP contribution in [0.2, 0.25) is 5.02 Å². The van der Waals surface area contributed by atoms with Crippen molar-refractivity contribution >= 4 is 40.8 Å². The van der Waals surface area contributed by atoms with Crippen LogP contribution in [0, 0.1) is 17.8 Å². The van der Waals surface area contributed by atoms with Gasteiger partial charge in [-0.25, -0.2) is 0 Å². The lowest BCUT2D eigenvalue weighted by Gasteiger charge is -2.36. The molecule has 9 heteroatoms. The molecule has 0 unspecified atom stereocenters. The highest BCUT2D eigenvalue weighted by atomic mass is 35.5. The molecule has 4 rings (SSSR count). The molecule has 7 nitrogen and oxygen atoms in total. The second-order valence-corrected chi connectivity index (χ2v) is 11.1. The molecule has 1 aliphatic heterocycles. The average Bonchev–Trinajstić information content (AvgIpc) is 3.46. The number of ether oxygens (including phenoxy) is 1. The number of rotatable bonds is 10. The number of aromatic hydroxyl groups is 1. The number of hydrogen-bond acceptors (Lipinski definition) is 7. The SMILES string of the molecule is COCC1=C([C@H](O)CC/C(C)=C/c2ccc(O)cc2Cl)[C@H](CO)[C@@H]2C(=O)N(Cc3cccs3)C(=O)[C@@H]2C1. The standard InChI is InChI=1S/C28H32ClNO6S/c1-16(10-17-6-7-19(32)12-23(17)29)5-8-24(33)25-18(15-36-2)11-21-26(22(25)14-31)28(35)30(27(21)34)13-20-4-3-9-37-20/h3-4,6-7,9-10,12,21-22,24,26,31-33H,5,8,11,13-15H2,1-2H3/b16-10+/t21-,22+,24-,26-/m1/s1. The van der Waals surface area contributed by atoms with E-state index >= 15 is 0 Å². The van der Waals surface area contributed by atoms with E-state index in [2.05, 4.69) is 0 Å². The molecular formula is C28H32ClNO6S. The van der Waals surface area contributed by atoms with Crippen LogP contribution in [-0.2, 0) is 20.9 Å². The normalized spacial score (nSPS) is 23.1. The average molecular weight is 546 g/mol. The lowest BCUT2D eigenvalue weighted by atomic mass is 9.68. The lowest BCUT2D eigenvalue weighted by Crippen LogP contribution is -2.39. The van der Waals surface area contributed by atoms with Crippen LogP contribution in [-0.4, -0.2) is 58.5 Å².